The number of piperazine rings is 1. The predicted molar refractivity (Wildman–Crippen MR) is 104 cm³/mol. The van der Waals surface area contributed by atoms with Crippen molar-refractivity contribution in [3.05, 3.63) is 52.3 Å². The van der Waals surface area contributed by atoms with E-state index in [1.54, 1.807) is 0 Å². The topological polar surface area (TPSA) is 50.2 Å². The Balaban J connectivity index is 1.66. The molecule has 1 atom stereocenters. The number of hydrogen-bond acceptors (Lipinski definition) is 3. The first-order chi connectivity index (χ1) is 12.5. The zero-order valence-corrected chi connectivity index (χ0v) is 16.4. The van der Waals surface area contributed by atoms with Gasteiger partial charge in [0.2, 0.25) is 5.91 Å². The second kappa shape index (κ2) is 8.04. The molecule has 1 fully saturated rings. The molecule has 0 spiro atoms. The molecule has 1 aliphatic rings. The van der Waals surface area contributed by atoms with Crippen LogP contribution in [0.2, 0.25) is 0 Å². The van der Waals surface area contributed by atoms with E-state index in [1.807, 2.05) is 11.8 Å². The lowest BCUT2D eigenvalue weighted by atomic mass is 10.1. The molecule has 1 aromatic heterocycles. The van der Waals surface area contributed by atoms with E-state index in [1.165, 1.54) is 22.4 Å². The lowest BCUT2D eigenvalue weighted by Gasteiger charge is -2.34. The second-order valence-electron chi connectivity index (χ2n) is 7.43. The fourth-order valence-corrected chi connectivity index (χ4v) is 3.70. The Morgan fingerprint density at radius 1 is 1.23 bits per heavy atom. The molecule has 1 saturated heterocycles. The minimum absolute atomic E-state index is 0.254. The first kappa shape index (κ1) is 18.6. The minimum atomic E-state index is 0.254. The number of nitrogens with zero attached hydrogens (tertiary/aromatic N) is 3. The van der Waals surface area contributed by atoms with Crippen molar-refractivity contribution in [1.82, 2.24) is 20.0 Å². The molecular weight excluding hydrogens is 324 g/mol. The highest BCUT2D eigenvalue weighted by Gasteiger charge is 2.23. The van der Waals surface area contributed by atoms with Crippen LogP contribution in [0, 0.1) is 20.8 Å². The molecule has 5 nitrogen and oxygen atoms in total. The summed E-state index contributed by atoms with van der Waals surface area (Å²) in [6, 6.07) is 8.86. The summed E-state index contributed by atoms with van der Waals surface area (Å²) in [5, 5.41) is 8.05. The van der Waals surface area contributed by atoms with E-state index >= 15 is 0 Å². The van der Waals surface area contributed by atoms with Crippen LogP contribution in [-0.2, 0) is 17.8 Å². The number of aryl methyl sites for hydroxylation is 2. The molecule has 1 N–H and O–H groups in total. The van der Waals surface area contributed by atoms with Crippen molar-refractivity contribution in [2.75, 3.05) is 19.6 Å². The van der Waals surface area contributed by atoms with Gasteiger partial charge in [0.05, 0.1) is 12.2 Å². The van der Waals surface area contributed by atoms with Gasteiger partial charge >= 0.3 is 0 Å². The largest absolute Gasteiger partial charge is 0.337 e. The van der Waals surface area contributed by atoms with E-state index in [2.05, 4.69) is 55.0 Å². The summed E-state index contributed by atoms with van der Waals surface area (Å²) in [6.45, 7) is 11.7. The molecule has 1 aromatic carbocycles. The van der Waals surface area contributed by atoms with Crippen molar-refractivity contribution >= 4 is 5.91 Å². The van der Waals surface area contributed by atoms with Gasteiger partial charge in [-0.15, -0.1) is 0 Å². The van der Waals surface area contributed by atoms with Crippen molar-refractivity contribution in [3.63, 3.8) is 0 Å². The van der Waals surface area contributed by atoms with Gasteiger partial charge in [0.25, 0.3) is 0 Å². The molecule has 0 saturated carbocycles. The van der Waals surface area contributed by atoms with Gasteiger partial charge in [-0.05, 0) is 45.2 Å². The van der Waals surface area contributed by atoms with Crippen LogP contribution in [0.3, 0.4) is 0 Å². The average Bonchev–Trinajstić information content (AvgIpc) is 2.88. The molecule has 0 aliphatic carbocycles. The van der Waals surface area contributed by atoms with Gasteiger partial charge < -0.3 is 10.2 Å². The van der Waals surface area contributed by atoms with E-state index < -0.39 is 0 Å². The quantitative estimate of drug-likeness (QED) is 0.898. The monoisotopic (exact) mass is 354 g/mol. The Hall–Kier alpha value is -2.14. The molecule has 0 bridgehead atoms. The average molecular weight is 354 g/mol. The van der Waals surface area contributed by atoms with Crippen molar-refractivity contribution in [2.45, 2.75) is 53.1 Å². The molecule has 2 aromatic rings. The van der Waals surface area contributed by atoms with Crippen molar-refractivity contribution < 1.29 is 4.79 Å². The zero-order valence-electron chi connectivity index (χ0n) is 16.4. The van der Waals surface area contributed by atoms with E-state index in [4.69, 9.17) is 5.10 Å². The highest BCUT2D eigenvalue weighted by molar-refractivity contribution is 5.77. The number of nitrogens with one attached hydrogen (secondary N) is 1. The van der Waals surface area contributed by atoms with E-state index in [9.17, 15) is 4.79 Å². The number of rotatable bonds is 5. The normalized spacial score (nSPS) is 17.5. The third-order valence-corrected chi connectivity index (χ3v) is 5.39. The summed E-state index contributed by atoms with van der Waals surface area (Å²) in [5.41, 5.74) is 5.94. The molecule has 2 heterocycles. The predicted octanol–water partition coefficient (Wildman–Crippen LogP) is 2.61. The molecule has 140 valence electrons. The first-order valence-corrected chi connectivity index (χ1v) is 9.54. The van der Waals surface area contributed by atoms with Crippen LogP contribution in [0.5, 0.6) is 0 Å². The third kappa shape index (κ3) is 4.15. The number of hydrogen-bond donors (Lipinski definition) is 1. The number of amides is 1. The number of aromatic nitrogens is 2. The van der Waals surface area contributed by atoms with Crippen LogP contribution in [0.25, 0.3) is 0 Å². The molecule has 1 aliphatic heterocycles. The van der Waals surface area contributed by atoms with Crippen LogP contribution in [0.4, 0.5) is 0 Å². The van der Waals surface area contributed by atoms with Crippen molar-refractivity contribution in [3.8, 4) is 0 Å². The fraction of sp³-hybridized carbons (Fsp3) is 0.524. The Kier molecular flexibility index (Phi) is 5.77. The Labute approximate surface area is 156 Å². The van der Waals surface area contributed by atoms with Crippen LogP contribution < -0.4 is 5.32 Å². The molecular formula is C21H30N4O. The van der Waals surface area contributed by atoms with Gasteiger partial charge in [0.15, 0.2) is 0 Å². The second-order valence-corrected chi connectivity index (χ2v) is 7.43. The van der Waals surface area contributed by atoms with E-state index in [0.717, 1.165) is 38.3 Å². The lowest BCUT2D eigenvalue weighted by Crippen LogP contribution is -2.52. The Morgan fingerprint density at radius 3 is 2.65 bits per heavy atom. The molecule has 3 rings (SSSR count). The maximum absolute atomic E-state index is 12.6. The summed E-state index contributed by atoms with van der Waals surface area (Å²) in [6.07, 6.45) is 1.32. The van der Waals surface area contributed by atoms with Crippen molar-refractivity contribution in [2.24, 2.45) is 0 Å². The maximum Gasteiger partial charge on any atom is 0.223 e. The number of carbonyl (C=O) groups excluding carboxylic acids is 1. The Bertz CT molecular complexity index is 763. The number of benzene rings is 1. The molecule has 26 heavy (non-hydrogen) atoms. The molecule has 1 unspecified atom stereocenters. The minimum Gasteiger partial charge on any atom is -0.337 e. The van der Waals surface area contributed by atoms with Gasteiger partial charge in [-0.1, -0.05) is 29.8 Å². The van der Waals surface area contributed by atoms with Crippen molar-refractivity contribution in [1.29, 1.82) is 0 Å². The SMILES string of the molecule is Cc1ccc(Cn2nc(C)c(CCC(=O)N3CCNCC3C)c2C)cc1. The van der Waals surface area contributed by atoms with Crippen LogP contribution in [0.1, 0.15) is 41.4 Å². The van der Waals surface area contributed by atoms with Gasteiger partial charge in [-0.2, -0.15) is 5.10 Å². The molecule has 1 amide bonds. The Morgan fingerprint density at radius 2 is 1.96 bits per heavy atom. The molecule has 5 heteroatoms. The smallest absolute Gasteiger partial charge is 0.223 e. The van der Waals surface area contributed by atoms with Gasteiger partial charge in [0, 0.05) is 37.8 Å². The van der Waals surface area contributed by atoms with Crippen LogP contribution in [-0.4, -0.2) is 46.3 Å². The summed E-state index contributed by atoms with van der Waals surface area (Å²) in [5.74, 6) is 0.254. The van der Waals surface area contributed by atoms with E-state index in [-0.39, 0.29) is 11.9 Å². The van der Waals surface area contributed by atoms with Gasteiger partial charge in [0.1, 0.15) is 0 Å². The summed E-state index contributed by atoms with van der Waals surface area (Å²) >= 11 is 0. The highest BCUT2D eigenvalue weighted by Crippen LogP contribution is 2.18. The van der Waals surface area contributed by atoms with E-state index in [0.29, 0.717) is 6.42 Å². The summed E-state index contributed by atoms with van der Waals surface area (Å²) < 4.78 is 2.06. The third-order valence-electron chi connectivity index (χ3n) is 5.39. The maximum atomic E-state index is 12.6. The zero-order chi connectivity index (χ0) is 18.7. The highest BCUT2D eigenvalue weighted by atomic mass is 16.2. The van der Waals surface area contributed by atoms with Crippen LogP contribution >= 0.6 is 0 Å². The van der Waals surface area contributed by atoms with Gasteiger partial charge in [-0.25, -0.2) is 0 Å². The summed E-state index contributed by atoms with van der Waals surface area (Å²) in [4.78, 5) is 14.6. The summed E-state index contributed by atoms with van der Waals surface area (Å²) in [7, 11) is 0. The standard InChI is InChI=1S/C21H30N4O/c1-15-5-7-19(8-6-15)14-25-18(4)20(17(3)23-25)9-10-21(26)24-12-11-22-13-16(24)2/h5-8,16,22H,9-14H2,1-4H3. The lowest BCUT2D eigenvalue weighted by molar-refractivity contribution is -0.133. The fourth-order valence-electron chi connectivity index (χ4n) is 3.70. The number of carbonyl (C=O) groups is 1. The molecule has 0 radical (unpaired) electrons. The van der Waals surface area contributed by atoms with Crippen LogP contribution in [0.15, 0.2) is 24.3 Å². The van der Waals surface area contributed by atoms with Gasteiger partial charge in [-0.3, -0.25) is 9.48 Å². The first-order valence-electron chi connectivity index (χ1n) is 9.54.